The monoisotopic (exact) mass is 799 g/mol. The molecule has 8 aromatic carbocycles. The smallest absolute Gasteiger partial charge is 0.227 e. The van der Waals surface area contributed by atoms with Gasteiger partial charge < -0.3 is 14.3 Å². The molecule has 62 heavy (non-hydrogen) atoms. The number of hydrogen-bond donors (Lipinski definition) is 1. The highest BCUT2D eigenvalue weighted by molar-refractivity contribution is 6.74. The molecule has 0 saturated carbocycles. The summed E-state index contributed by atoms with van der Waals surface area (Å²) >= 11 is 0. The van der Waals surface area contributed by atoms with Gasteiger partial charge in [-0.05, 0) is 123 Å². The molecule has 2 aromatic heterocycles. The van der Waals surface area contributed by atoms with E-state index in [2.05, 4.69) is 189 Å². The van der Waals surface area contributed by atoms with Gasteiger partial charge in [0, 0.05) is 50.5 Å². The maximum absolute atomic E-state index is 6.55. The van der Waals surface area contributed by atoms with Gasteiger partial charge in [-0.3, -0.25) is 0 Å². The van der Waals surface area contributed by atoms with Crippen molar-refractivity contribution in [1.29, 1.82) is 0 Å². The largest absolute Gasteiger partial charge is 0.436 e. The zero-order chi connectivity index (χ0) is 41.7. The fourth-order valence-corrected chi connectivity index (χ4v) is 10.5. The molecule has 5 heteroatoms. The van der Waals surface area contributed by atoms with Crippen LogP contribution in [-0.2, 0) is 10.8 Å². The molecule has 10 aromatic rings. The Labute approximate surface area is 363 Å². The van der Waals surface area contributed by atoms with Crippen molar-refractivity contribution >= 4 is 62.5 Å². The molecule has 4 nitrogen and oxygen atoms in total. The van der Waals surface area contributed by atoms with E-state index in [4.69, 9.17) is 9.40 Å². The molecule has 0 amide bonds. The molecule has 0 spiro atoms. The minimum absolute atomic E-state index is 0.111. The molecule has 2 aliphatic rings. The van der Waals surface area contributed by atoms with Crippen molar-refractivity contribution in [3.05, 3.63) is 181 Å². The third-order valence-corrected chi connectivity index (χ3v) is 13.9. The van der Waals surface area contributed by atoms with Crippen LogP contribution in [0.2, 0.25) is 0 Å². The summed E-state index contributed by atoms with van der Waals surface area (Å²) in [7, 11) is 0.748. The van der Waals surface area contributed by atoms with Crippen molar-refractivity contribution in [1.82, 2.24) is 9.55 Å². The van der Waals surface area contributed by atoms with E-state index in [1.807, 2.05) is 18.2 Å². The standard InChI is InChI=1S/C57H46BN3O/c1-56(2)28-29-57(3,4)45-31-39(25-26-44(45)56)59-47-23-15-14-22-40(47)42-32-41(36-18-10-6-11-19-36)52-43-30-38(35-16-8-5-9-17-35)24-27-49(43)61-50-34-51-48(33-46(50)58-53(42)54(52)61)60-55(62-51)37-20-12-7-13-21-37/h5-27,30-34,58-59H,28-29H2,1-4H3. The van der Waals surface area contributed by atoms with E-state index >= 15 is 0 Å². The van der Waals surface area contributed by atoms with Gasteiger partial charge >= 0.3 is 0 Å². The Kier molecular flexibility index (Phi) is 8.12. The van der Waals surface area contributed by atoms with E-state index in [1.54, 1.807) is 0 Å². The summed E-state index contributed by atoms with van der Waals surface area (Å²) < 4.78 is 9.07. The number of fused-ring (bicyclic) bond motifs is 7. The van der Waals surface area contributed by atoms with E-state index in [1.165, 1.54) is 90.1 Å². The van der Waals surface area contributed by atoms with Crippen LogP contribution in [-0.4, -0.2) is 16.8 Å². The lowest BCUT2D eigenvalue weighted by Crippen LogP contribution is -2.37. The van der Waals surface area contributed by atoms with Gasteiger partial charge in [0.05, 0.1) is 5.52 Å². The molecule has 0 fully saturated rings. The van der Waals surface area contributed by atoms with Crippen LogP contribution in [0.25, 0.3) is 83.4 Å². The van der Waals surface area contributed by atoms with E-state index in [0.29, 0.717) is 5.89 Å². The van der Waals surface area contributed by atoms with Gasteiger partial charge in [-0.25, -0.2) is 4.98 Å². The second-order valence-electron chi connectivity index (χ2n) is 18.7. The van der Waals surface area contributed by atoms with E-state index in [-0.39, 0.29) is 10.8 Å². The van der Waals surface area contributed by atoms with E-state index in [0.717, 1.165) is 41.0 Å². The van der Waals surface area contributed by atoms with Crippen LogP contribution in [0.1, 0.15) is 51.7 Å². The van der Waals surface area contributed by atoms with Crippen LogP contribution < -0.4 is 16.2 Å². The van der Waals surface area contributed by atoms with Gasteiger partial charge in [-0.1, -0.05) is 142 Å². The summed E-state index contributed by atoms with van der Waals surface area (Å²) in [5.41, 5.74) is 21.3. The number of para-hydroxylation sites is 1. The zero-order valence-corrected chi connectivity index (χ0v) is 35.6. The lowest BCUT2D eigenvalue weighted by atomic mass is 9.58. The van der Waals surface area contributed by atoms with E-state index < -0.39 is 0 Å². The van der Waals surface area contributed by atoms with Crippen LogP contribution in [0.4, 0.5) is 11.4 Å². The molecule has 0 atom stereocenters. The minimum Gasteiger partial charge on any atom is -0.436 e. The Morgan fingerprint density at radius 3 is 2.02 bits per heavy atom. The van der Waals surface area contributed by atoms with Crippen LogP contribution in [0.3, 0.4) is 0 Å². The highest BCUT2D eigenvalue weighted by Gasteiger charge is 2.37. The molecule has 0 radical (unpaired) electrons. The molecular weight excluding hydrogens is 753 g/mol. The second-order valence-corrected chi connectivity index (χ2v) is 18.7. The van der Waals surface area contributed by atoms with Crippen LogP contribution in [0.5, 0.6) is 0 Å². The Bertz CT molecular complexity index is 3400. The third kappa shape index (κ3) is 5.79. The number of benzene rings is 8. The highest BCUT2D eigenvalue weighted by atomic mass is 16.3. The predicted molar refractivity (Wildman–Crippen MR) is 262 cm³/mol. The number of hydrogen-bond acceptors (Lipinski definition) is 3. The summed E-state index contributed by atoms with van der Waals surface area (Å²) in [6.07, 6.45) is 2.37. The van der Waals surface area contributed by atoms with Crippen molar-refractivity contribution in [3.8, 4) is 50.5 Å². The number of rotatable bonds is 6. The minimum atomic E-state index is 0.111. The second kappa shape index (κ2) is 13.7. The Balaban J connectivity index is 1.12. The maximum atomic E-state index is 6.55. The van der Waals surface area contributed by atoms with Crippen LogP contribution in [0.15, 0.2) is 174 Å². The molecule has 1 N–H and O–H groups in total. The van der Waals surface area contributed by atoms with Crippen molar-refractivity contribution in [2.24, 2.45) is 0 Å². The number of anilines is 2. The lowest BCUT2D eigenvalue weighted by Gasteiger charge is -2.42. The predicted octanol–water partition coefficient (Wildman–Crippen LogP) is 13.4. The average Bonchev–Trinajstić information content (AvgIpc) is 3.88. The number of aromatic nitrogens is 2. The van der Waals surface area contributed by atoms with Gasteiger partial charge in [0.25, 0.3) is 0 Å². The molecule has 1 aliphatic heterocycles. The molecule has 298 valence electrons. The number of nitrogens with one attached hydrogen (secondary N) is 1. The summed E-state index contributed by atoms with van der Waals surface area (Å²) in [5.74, 6) is 0.636. The molecule has 0 bridgehead atoms. The topological polar surface area (TPSA) is 43.0 Å². The number of oxazole rings is 1. The maximum Gasteiger partial charge on any atom is 0.227 e. The Morgan fingerprint density at radius 1 is 0.581 bits per heavy atom. The Morgan fingerprint density at radius 2 is 1.26 bits per heavy atom. The van der Waals surface area contributed by atoms with Gasteiger partial charge in [-0.2, -0.15) is 0 Å². The summed E-state index contributed by atoms with van der Waals surface area (Å²) in [6, 6.07) is 61.8. The van der Waals surface area contributed by atoms with Gasteiger partial charge in [-0.15, -0.1) is 0 Å². The normalized spacial score (nSPS) is 14.7. The molecular formula is C57H46BN3O. The first kappa shape index (κ1) is 36.7. The van der Waals surface area contributed by atoms with Gasteiger partial charge in [0.1, 0.15) is 5.52 Å². The molecule has 1 aliphatic carbocycles. The van der Waals surface area contributed by atoms with Crippen LogP contribution in [0, 0.1) is 0 Å². The average molecular weight is 800 g/mol. The van der Waals surface area contributed by atoms with E-state index in [9.17, 15) is 0 Å². The van der Waals surface area contributed by atoms with Gasteiger partial charge in [0.2, 0.25) is 5.89 Å². The van der Waals surface area contributed by atoms with Crippen molar-refractivity contribution < 1.29 is 4.42 Å². The quantitative estimate of drug-likeness (QED) is 0.170. The first-order valence-corrected chi connectivity index (χ1v) is 22.0. The first-order valence-electron chi connectivity index (χ1n) is 22.0. The van der Waals surface area contributed by atoms with Crippen molar-refractivity contribution in [2.45, 2.75) is 51.4 Å². The molecule has 12 rings (SSSR count). The fourth-order valence-electron chi connectivity index (χ4n) is 10.5. The summed E-state index contributed by atoms with van der Waals surface area (Å²) in [5, 5.41) is 6.46. The SMILES string of the molecule is CC1(C)CCC(C)(C)c2cc(Nc3ccccc3-c3cc(-c4ccccc4)c4c5cc(-c6ccccc6)ccc5n5c4c3Bc3cc4nc(-c6ccccc6)oc4cc3-5)ccc21. The summed E-state index contributed by atoms with van der Waals surface area (Å²) in [4.78, 5) is 5.05. The molecule has 0 unspecified atom stereocenters. The molecule has 0 saturated heterocycles. The first-order chi connectivity index (χ1) is 30.2. The Hall–Kier alpha value is -7.11. The van der Waals surface area contributed by atoms with Crippen molar-refractivity contribution in [3.63, 3.8) is 0 Å². The number of nitrogens with zero attached hydrogens (tertiary/aromatic N) is 2. The van der Waals surface area contributed by atoms with Crippen LogP contribution >= 0.6 is 0 Å². The molecule has 3 heterocycles. The fraction of sp³-hybridized carbons (Fsp3) is 0.140. The third-order valence-electron chi connectivity index (χ3n) is 13.9. The van der Waals surface area contributed by atoms with Crippen molar-refractivity contribution in [2.75, 3.05) is 5.32 Å². The highest BCUT2D eigenvalue weighted by Crippen LogP contribution is 2.48. The zero-order valence-electron chi connectivity index (χ0n) is 35.6. The lowest BCUT2D eigenvalue weighted by molar-refractivity contribution is 0.332. The summed E-state index contributed by atoms with van der Waals surface area (Å²) in [6.45, 7) is 9.59. The van der Waals surface area contributed by atoms with Gasteiger partial charge in [0.15, 0.2) is 12.9 Å².